The zero-order valence-electron chi connectivity index (χ0n) is 14.8. The summed E-state index contributed by atoms with van der Waals surface area (Å²) >= 11 is 0. The van der Waals surface area contributed by atoms with E-state index in [1.807, 2.05) is 17.0 Å². The molecule has 136 valence electrons. The van der Waals surface area contributed by atoms with Gasteiger partial charge in [0.15, 0.2) is 0 Å². The molecule has 2 aromatic heterocycles. The van der Waals surface area contributed by atoms with Crippen LogP contribution in [0.2, 0.25) is 0 Å². The van der Waals surface area contributed by atoms with E-state index >= 15 is 0 Å². The Labute approximate surface area is 155 Å². The molecule has 0 aliphatic carbocycles. The van der Waals surface area contributed by atoms with Crippen molar-refractivity contribution in [2.45, 2.75) is 6.42 Å². The van der Waals surface area contributed by atoms with Crippen LogP contribution in [0.5, 0.6) is 0 Å². The van der Waals surface area contributed by atoms with Gasteiger partial charge < -0.3 is 4.90 Å². The highest BCUT2D eigenvalue weighted by atomic mass is 19.1. The van der Waals surface area contributed by atoms with Crippen LogP contribution in [0.25, 0.3) is 17.0 Å². The molecule has 0 bridgehead atoms. The Bertz CT molecular complexity index is 1060. The number of rotatable bonds is 3. The molecule has 0 N–H and O–H groups in total. The van der Waals surface area contributed by atoms with Crippen molar-refractivity contribution >= 4 is 11.5 Å². The number of hydrogen-bond donors (Lipinski definition) is 0. The van der Waals surface area contributed by atoms with Crippen LogP contribution in [0.15, 0.2) is 59.8 Å². The lowest BCUT2D eigenvalue weighted by Gasteiger charge is -2.30. The third-order valence-corrected chi connectivity index (χ3v) is 4.61. The Hall–Kier alpha value is -3.35. The molecular formula is C20H18FN5O. The molecule has 0 unspecified atom stereocenters. The van der Waals surface area contributed by atoms with E-state index in [0.717, 1.165) is 12.0 Å². The zero-order chi connectivity index (χ0) is 18.8. The van der Waals surface area contributed by atoms with E-state index in [1.54, 1.807) is 31.4 Å². The average Bonchev–Trinajstić information content (AvgIpc) is 2.71. The summed E-state index contributed by atoms with van der Waals surface area (Å²) in [6.07, 6.45) is 5.83. The monoisotopic (exact) mass is 363 g/mol. The highest BCUT2D eigenvalue weighted by Crippen LogP contribution is 2.26. The summed E-state index contributed by atoms with van der Waals surface area (Å²) in [4.78, 5) is 27.2. The van der Waals surface area contributed by atoms with Crippen LogP contribution in [0.3, 0.4) is 0 Å². The minimum atomic E-state index is -0.248. The highest BCUT2D eigenvalue weighted by Gasteiger charge is 2.20. The van der Waals surface area contributed by atoms with Gasteiger partial charge in [-0.1, -0.05) is 24.3 Å². The fourth-order valence-corrected chi connectivity index (χ4v) is 3.21. The van der Waals surface area contributed by atoms with Crippen molar-refractivity contribution in [3.8, 4) is 11.4 Å². The first-order valence-corrected chi connectivity index (χ1v) is 8.67. The van der Waals surface area contributed by atoms with Crippen LogP contribution in [-0.4, -0.2) is 32.6 Å². The van der Waals surface area contributed by atoms with Gasteiger partial charge in [-0.15, -0.1) is 0 Å². The first-order chi connectivity index (χ1) is 13.1. The number of aromatic nitrogens is 4. The van der Waals surface area contributed by atoms with Gasteiger partial charge in [-0.2, -0.15) is 0 Å². The lowest BCUT2D eigenvalue weighted by Crippen LogP contribution is -2.35. The van der Waals surface area contributed by atoms with Gasteiger partial charge >= 0.3 is 0 Å². The molecule has 4 rings (SSSR count). The molecule has 0 saturated carbocycles. The summed E-state index contributed by atoms with van der Waals surface area (Å²) < 4.78 is 15.7. The van der Waals surface area contributed by atoms with Crippen LogP contribution in [-0.2, 0) is 7.05 Å². The predicted molar refractivity (Wildman–Crippen MR) is 102 cm³/mol. The quantitative estimate of drug-likeness (QED) is 0.716. The number of nitrogens with zero attached hydrogens (tertiary/aromatic N) is 5. The standard InChI is InChI=1S/C20H18FN5O/c1-25-19(27)11-18(17-8-9-22-13-23-17)24-20(25)26-10-4-5-14(12-26)15-6-2-3-7-16(15)21/h2-3,5-9,11,13H,4,10,12H2,1H3. The molecule has 1 aliphatic heterocycles. The van der Waals surface area contributed by atoms with Crippen LogP contribution in [0.4, 0.5) is 10.3 Å². The fourth-order valence-electron chi connectivity index (χ4n) is 3.21. The largest absolute Gasteiger partial charge is 0.338 e. The van der Waals surface area contributed by atoms with Gasteiger partial charge in [0.25, 0.3) is 5.56 Å². The molecule has 27 heavy (non-hydrogen) atoms. The van der Waals surface area contributed by atoms with Crippen molar-refractivity contribution in [3.63, 3.8) is 0 Å². The van der Waals surface area contributed by atoms with E-state index in [1.165, 1.54) is 23.0 Å². The minimum absolute atomic E-state index is 0.171. The van der Waals surface area contributed by atoms with Crippen molar-refractivity contribution < 1.29 is 4.39 Å². The van der Waals surface area contributed by atoms with Gasteiger partial charge in [-0.3, -0.25) is 9.36 Å². The lowest BCUT2D eigenvalue weighted by molar-refractivity contribution is 0.622. The van der Waals surface area contributed by atoms with E-state index in [0.29, 0.717) is 36.0 Å². The van der Waals surface area contributed by atoms with E-state index in [9.17, 15) is 9.18 Å². The number of halogens is 1. The van der Waals surface area contributed by atoms with Crippen LogP contribution < -0.4 is 10.5 Å². The van der Waals surface area contributed by atoms with Gasteiger partial charge in [0.05, 0.1) is 11.4 Å². The molecule has 3 heterocycles. The Morgan fingerprint density at radius 1 is 1.15 bits per heavy atom. The molecule has 3 aromatic rings. The Morgan fingerprint density at radius 3 is 2.78 bits per heavy atom. The molecule has 0 atom stereocenters. The molecule has 1 aliphatic rings. The first kappa shape index (κ1) is 17.1. The molecule has 0 saturated heterocycles. The van der Waals surface area contributed by atoms with Crippen molar-refractivity contribution in [2.24, 2.45) is 7.05 Å². The smallest absolute Gasteiger partial charge is 0.255 e. The van der Waals surface area contributed by atoms with E-state index in [-0.39, 0.29) is 11.4 Å². The van der Waals surface area contributed by atoms with Crippen LogP contribution in [0.1, 0.15) is 12.0 Å². The van der Waals surface area contributed by atoms with Crippen molar-refractivity contribution in [3.05, 3.63) is 76.7 Å². The fraction of sp³-hybridized carbons (Fsp3) is 0.200. The average molecular weight is 363 g/mol. The van der Waals surface area contributed by atoms with E-state index in [4.69, 9.17) is 0 Å². The number of anilines is 1. The molecule has 0 amide bonds. The predicted octanol–water partition coefficient (Wildman–Crippen LogP) is 2.67. The van der Waals surface area contributed by atoms with E-state index < -0.39 is 0 Å². The van der Waals surface area contributed by atoms with Gasteiger partial charge in [-0.25, -0.2) is 19.3 Å². The molecule has 0 fully saturated rings. The topological polar surface area (TPSA) is 63.9 Å². The lowest BCUT2D eigenvalue weighted by atomic mass is 10.0. The molecule has 0 radical (unpaired) electrons. The number of benzene rings is 1. The molecule has 0 spiro atoms. The second-order valence-electron chi connectivity index (χ2n) is 6.35. The third kappa shape index (κ3) is 3.36. The van der Waals surface area contributed by atoms with Crippen molar-refractivity contribution in [1.82, 2.24) is 19.5 Å². The van der Waals surface area contributed by atoms with Crippen molar-refractivity contribution in [1.29, 1.82) is 0 Å². The Kier molecular flexibility index (Phi) is 4.50. The SMILES string of the molecule is Cn1c(N2CCC=C(c3ccccc3F)C2)nc(-c2ccncn2)cc1=O. The zero-order valence-corrected chi connectivity index (χ0v) is 14.8. The molecule has 7 heteroatoms. The minimum Gasteiger partial charge on any atom is -0.338 e. The Morgan fingerprint density at radius 2 is 2.00 bits per heavy atom. The molecule has 6 nitrogen and oxygen atoms in total. The number of hydrogen-bond acceptors (Lipinski definition) is 5. The molecule has 1 aromatic carbocycles. The maximum absolute atomic E-state index is 14.2. The normalized spacial score (nSPS) is 14.1. The second-order valence-corrected chi connectivity index (χ2v) is 6.35. The third-order valence-electron chi connectivity index (χ3n) is 4.61. The van der Waals surface area contributed by atoms with Gasteiger partial charge in [0.1, 0.15) is 12.1 Å². The van der Waals surface area contributed by atoms with Gasteiger partial charge in [-0.05, 0) is 24.1 Å². The second kappa shape index (κ2) is 7.11. The maximum Gasteiger partial charge on any atom is 0.255 e. The van der Waals surface area contributed by atoms with Crippen molar-refractivity contribution in [2.75, 3.05) is 18.0 Å². The summed E-state index contributed by atoms with van der Waals surface area (Å²) in [7, 11) is 1.69. The summed E-state index contributed by atoms with van der Waals surface area (Å²) in [6, 6.07) is 9.90. The van der Waals surface area contributed by atoms with Gasteiger partial charge in [0, 0.05) is 38.0 Å². The summed E-state index contributed by atoms with van der Waals surface area (Å²) in [5, 5.41) is 0. The first-order valence-electron chi connectivity index (χ1n) is 8.67. The summed E-state index contributed by atoms with van der Waals surface area (Å²) in [5.41, 5.74) is 2.39. The molecular weight excluding hydrogens is 345 g/mol. The van der Waals surface area contributed by atoms with Crippen LogP contribution in [0, 0.1) is 5.82 Å². The summed E-state index contributed by atoms with van der Waals surface area (Å²) in [6.45, 7) is 1.18. The maximum atomic E-state index is 14.2. The van der Waals surface area contributed by atoms with E-state index in [2.05, 4.69) is 15.0 Å². The van der Waals surface area contributed by atoms with Gasteiger partial charge in [0.2, 0.25) is 5.95 Å². The summed E-state index contributed by atoms with van der Waals surface area (Å²) in [5.74, 6) is 0.292. The van der Waals surface area contributed by atoms with Crippen LogP contribution >= 0.6 is 0 Å². The Balaban J connectivity index is 1.72. The highest BCUT2D eigenvalue weighted by molar-refractivity contribution is 5.71.